The number of aryl methyl sites for hydroxylation is 1. The van der Waals surface area contributed by atoms with Gasteiger partial charge in [0.25, 0.3) is 0 Å². The molecule has 1 atom stereocenters. The van der Waals surface area contributed by atoms with Gasteiger partial charge in [-0.2, -0.15) is 0 Å². The Morgan fingerprint density at radius 2 is 2.12 bits per heavy atom. The highest BCUT2D eigenvalue weighted by Crippen LogP contribution is 2.14. The smallest absolute Gasteiger partial charge is 0.330 e. The van der Waals surface area contributed by atoms with E-state index in [4.69, 9.17) is 9.47 Å². The van der Waals surface area contributed by atoms with E-state index in [0.717, 1.165) is 5.56 Å². The zero-order chi connectivity index (χ0) is 12.3. The molecule has 17 heavy (non-hydrogen) atoms. The number of aliphatic imine (C=N–C) groups is 1. The van der Waals surface area contributed by atoms with Crippen LogP contribution in [0.25, 0.3) is 0 Å². The highest BCUT2D eigenvalue weighted by atomic mass is 16.5. The number of rotatable bonds is 2. The number of hydrogen-bond donors (Lipinski definition) is 0. The van der Waals surface area contributed by atoms with E-state index in [0.29, 0.717) is 18.9 Å². The quantitative estimate of drug-likeness (QED) is 0.730. The van der Waals surface area contributed by atoms with Crippen LogP contribution in [0.15, 0.2) is 29.3 Å². The Morgan fingerprint density at radius 1 is 1.41 bits per heavy atom. The van der Waals surface area contributed by atoms with E-state index in [1.54, 1.807) is 0 Å². The molecule has 0 aliphatic carbocycles. The van der Waals surface area contributed by atoms with Gasteiger partial charge in [-0.15, -0.1) is 0 Å². The van der Waals surface area contributed by atoms with E-state index in [2.05, 4.69) is 4.99 Å². The number of esters is 1. The van der Waals surface area contributed by atoms with E-state index < -0.39 is 6.04 Å². The van der Waals surface area contributed by atoms with E-state index >= 15 is 0 Å². The fourth-order valence-corrected chi connectivity index (χ4v) is 1.67. The molecule has 1 heterocycles. The molecule has 0 aromatic heterocycles. The topological polar surface area (TPSA) is 47.9 Å². The third-order valence-electron chi connectivity index (χ3n) is 2.67. The summed E-state index contributed by atoms with van der Waals surface area (Å²) in [5, 5.41) is 0. The van der Waals surface area contributed by atoms with Gasteiger partial charge in [-0.3, -0.25) is 0 Å². The second kappa shape index (κ2) is 4.99. The molecule has 0 N–H and O–H groups in total. The Labute approximate surface area is 100 Å². The first kappa shape index (κ1) is 11.6. The van der Waals surface area contributed by atoms with Crippen molar-refractivity contribution in [1.82, 2.24) is 0 Å². The number of benzene rings is 1. The molecule has 4 heteroatoms. The number of carbonyl (C=O) groups is 1. The third kappa shape index (κ3) is 2.64. The van der Waals surface area contributed by atoms with Crippen molar-refractivity contribution in [2.45, 2.75) is 19.4 Å². The van der Waals surface area contributed by atoms with Crippen molar-refractivity contribution in [3.63, 3.8) is 0 Å². The predicted octanol–water partition coefficient (Wildman–Crippen LogP) is 1.70. The summed E-state index contributed by atoms with van der Waals surface area (Å²) in [7, 11) is 1.37. The van der Waals surface area contributed by atoms with Gasteiger partial charge in [-0.05, 0) is 19.1 Å². The normalized spacial score (nSPS) is 19.2. The molecule has 0 saturated heterocycles. The lowest BCUT2D eigenvalue weighted by Gasteiger charge is -2.19. The number of ether oxygens (including phenoxy) is 2. The van der Waals surface area contributed by atoms with Crippen molar-refractivity contribution in [3.05, 3.63) is 35.4 Å². The van der Waals surface area contributed by atoms with Crippen LogP contribution >= 0.6 is 0 Å². The van der Waals surface area contributed by atoms with Gasteiger partial charge < -0.3 is 9.47 Å². The average Bonchev–Trinajstić information content (AvgIpc) is 2.39. The van der Waals surface area contributed by atoms with E-state index in [1.165, 1.54) is 12.7 Å². The van der Waals surface area contributed by atoms with Gasteiger partial charge in [0.05, 0.1) is 13.7 Å². The van der Waals surface area contributed by atoms with Crippen molar-refractivity contribution in [2.24, 2.45) is 4.99 Å². The zero-order valence-corrected chi connectivity index (χ0v) is 9.97. The Balaban J connectivity index is 2.23. The molecule has 0 fully saturated rings. The van der Waals surface area contributed by atoms with Crippen molar-refractivity contribution in [2.75, 3.05) is 13.7 Å². The first-order valence-corrected chi connectivity index (χ1v) is 5.56. The molecular weight excluding hydrogens is 218 g/mol. The molecule has 0 amide bonds. The summed E-state index contributed by atoms with van der Waals surface area (Å²) in [5.41, 5.74) is 2.07. The molecule has 0 spiro atoms. The lowest BCUT2D eigenvalue weighted by Crippen LogP contribution is -2.29. The van der Waals surface area contributed by atoms with Gasteiger partial charge in [-0.25, -0.2) is 9.79 Å². The Morgan fingerprint density at radius 3 is 2.76 bits per heavy atom. The van der Waals surface area contributed by atoms with E-state index in [9.17, 15) is 4.79 Å². The zero-order valence-electron chi connectivity index (χ0n) is 9.97. The summed E-state index contributed by atoms with van der Waals surface area (Å²) in [4.78, 5) is 15.7. The molecule has 0 bridgehead atoms. The molecule has 0 radical (unpaired) electrons. The van der Waals surface area contributed by atoms with Gasteiger partial charge in [-0.1, -0.05) is 17.7 Å². The summed E-state index contributed by atoms with van der Waals surface area (Å²) in [6, 6.07) is 7.41. The summed E-state index contributed by atoms with van der Waals surface area (Å²) in [6.45, 7) is 2.51. The fraction of sp³-hybridized carbons (Fsp3) is 0.385. The maximum Gasteiger partial charge on any atom is 0.330 e. The van der Waals surface area contributed by atoms with Crippen LogP contribution in [0, 0.1) is 6.92 Å². The second-order valence-corrected chi connectivity index (χ2v) is 3.98. The van der Waals surface area contributed by atoms with Crippen LogP contribution in [0.3, 0.4) is 0 Å². The Kier molecular flexibility index (Phi) is 3.42. The predicted molar refractivity (Wildman–Crippen MR) is 64.1 cm³/mol. The fourth-order valence-electron chi connectivity index (χ4n) is 1.67. The standard InChI is InChI=1S/C13H15NO3/c1-9-3-5-10(6-4-9)12-14-11(7-8-17-12)13(15)16-2/h3-6,11H,7-8H2,1-2H3/t11-/m0/s1. The molecule has 1 aromatic carbocycles. The van der Waals surface area contributed by atoms with Crippen LogP contribution in [0.1, 0.15) is 17.5 Å². The monoisotopic (exact) mass is 233 g/mol. The van der Waals surface area contributed by atoms with Crippen LogP contribution < -0.4 is 0 Å². The van der Waals surface area contributed by atoms with E-state index in [-0.39, 0.29) is 5.97 Å². The largest absolute Gasteiger partial charge is 0.477 e. The Bertz CT molecular complexity index is 436. The minimum Gasteiger partial charge on any atom is -0.477 e. The molecule has 1 aliphatic rings. The lowest BCUT2D eigenvalue weighted by atomic mass is 10.1. The maximum absolute atomic E-state index is 11.4. The average molecular weight is 233 g/mol. The second-order valence-electron chi connectivity index (χ2n) is 3.98. The van der Waals surface area contributed by atoms with Crippen molar-refractivity contribution >= 4 is 11.9 Å². The molecule has 90 valence electrons. The highest BCUT2D eigenvalue weighted by Gasteiger charge is 2.24. The van der Waals surface area contributed by atoms with Gasteiger partial charge in [0.2, 0.25) is 5.90 Å². The van der Waals surface area contributed by atoms with Gasteiger partial charge in [0.1, 0.15) is 0 Å². The molecule has 1 aromatic rings. The van der Waals surface area contributed by atoms with Crippen LogP contribution in [0.5, 0.6) is 0 Å². The van der Waals surface area contributed by atoms with E-state index in [1.807, 2.05) is 31.2 Å². The molecule has 2 rings (SSSR count). The highest BCUT2D eigenvalue weighted by molar-refractivity contribution is 5.96. The summed E-state index contributed by atoms with van der Waals surface area (Å²) < 4.78 is 10.2. The summed E-state index contributed by atoms with van der Waals surface area (Å²) >= 11 is 0. The van der Waals surface area contributed by atoms with Crippen LogP contribution in [-0.4, -0.2) is 31.6 Å². The summed E-state index contributed by atoms with van der Waals surface area (Å²) in [5.74, 6) is 0.213. The van der Waals surface area contributed by atoms with Crippen molar-refractivity contribution < 1.29 is 14.3 Å². The molecular formula is C13H15NO3. The molecule has 0 unspecified atom stereocenters. The third-order valence-corrected chi connectivity index (χ3v) is 2.67. The number of methoxy groups -OCH3 is 1. The first-order chi connectivity index (χ1) is 8.20. The van der Waals surface area contributed by atoms with Gasteiger partial charge in [0, 0.05) is 12.0 Å². The number of nitrogens with zero attached hydrogens (tertiary/aromatic N) is 1. The van der Waals surface area contributed by atoms with Crippen LogP contribution in [0.4, 0.5) is 0 Å². The lowest BCUT2D eigenvalue weighted by molar-refractivity contribution is -0.142. The van der Waals surface area contributed by atoms with Gasteiger partial charge in [0.15, 0.2) is 6.04 Å². The SMILES string of the molecule is COC(=O)[C@@H]1CCOC(c2ccc(C)cc2)=N1. The van der Waals surface area contributed by atoms with Crippen LogP contribution in [-0.2, 0) is 14.3 Å². The minimum absolute atomic E-state index is 0.307. The molecule has 4 nitrogen and oxygen atoms in total. The number of carbonyl (C=O) groups excluding carboxylic acids is 1. The maximum atomic E-state index is 11.4. The van der Waals surface area contributed by atoms with Crippen LogP contribution in [0.2, 0.25) is 0 Å². The summed E-state index contributed by atoms with van der Waals surface area (Å²) in [6.07, 6.45) is 0.571. The number of hydrogen-bond acceptors (Lipinski definition) is 4. The molecule has 1 aliphatic heterocycles. The molecule has 0 saturated carbocycles. The van der Waals surface area contributed by atoms with Crippen molar-refractivity contribution in [3.8, 4) is 0 Å². The van der Waals surface area contributed by atoms with Gasteiger partial charge >= 0.3 is 5.97 Å². The van der Waals surface area contributed by atoms with Crippen molar-refractivity contribution in [1.29, 1.82) is 0 Å². The first-order valence-electron chi connectivity index (χ1n) is 5.56. The minimum atomic E-state index is -0.440. The Hall–Kier alpha value is -1.84.